The summed E-state index contributed by atoms with van der Waals surface area (Å²) in [6, 6.07) is 8.35. The number of pyridine rings is 2. The van der Waals surface area contributed by atoms with Gasteiger partial charge in [-0.25, -0.2) is 9.97 Å². The van der Waals surface area contributed by atoms with E-state index in [0.29, 0.717) is 36.3 Å². The maximum Gasteiger partial charge on any atom is 2.00 e. The molecule has 0 aromatic carbocycles. The van der Waals surface area contributed by atoms with Crippen LogP contribution in [0, 0.1) is 12.3 Å². The molecule has 0 spiro atoms. The number of nitrogens with zero attached hydrogens (tertiary/aromatic N) is 4. The van der Waals surface area contributed by atoms with Gasteiger partial charge in [-0.3, -0.25) is 9.20 Å². The Balaban J connectivity index is 0.000000316. The van der Waals surface area contributed by atoms with E-state index in [4.69, 9.17) is 13.6 Å². The average Bonchev–Trinajstić information content (AvgIpc) is 4.09. The van der Waals surface area contributed by atoms with Crippen molar-refractivity contribution in [3.05, 3.63) is 78.2 Å². The molecule has 7 aliphatic rings. The molecule has 416 valence electrons. The third-order valence-electron chi connectivity index (χ3n) is 14.0. The number of carbonyl (C=O) groups is 1. The van der Waals surface area contributed by atoms with E-state index in [1.807, 2.05) is 23.0 Å². The van der Waals surface area contributed by atoms with Crippen LogP contribution in [0.4, 0.5) is 0 Å². The van der Waals surface area contributed by atoms with E-state index in [1.54, 1.807) is 12.5 Å². The van der Waals surface area contributed by atoms with Crippen LogP contribution in [0.25, 0.3) is 11.0 Å². The SMILES string of the molecule is C.C.C1CC2CCC1O2.C[Si](C)(C)Br.C[Si](C)(C)OC1CCC(Br)CC1.C[Si](C)(C)OC1CC[CH-]CC1.O=Cc1c(C2CC2)ccc2cncn12.OC1CCC(C(O)c2c(C3CC3)ccc3cncn23)CC1.[Br-].[Mg+2]. The van der Waals surface area contributed by atoms with Gasteiger partial charge in [-0.1, -0.05) is 75.4 Å². The molecule has 1 unspecified atom stereocenters. The maximum absolute atomic E-state index is 11.0. The fourth-order valence-corrected chi connectivity index (χ4v) is 13.3. The van der Waals surface area contributed by atoms with Crippen molar-refractivity contribution >= 4 is 94.9 Å². The Bertz CT molecular complexity index is 2170. The zero-order valence-electron chi connectivity index (χ0n) is 45.3. The standard InChI is InChI=1S/C17H22N2O2.C11H10N2O.C9H19BrOSi.C9H19OSi.C6H10O.C3H9BrSi.2CH4.BrH.Mg/c20-14-6-3-12(4-7-14)17(21)16-15(11-1-2-11)8-5-13-9-18-10-19(13)16;14-6-11-10(8-1-2-8)4-3-9-5-12-7-13(9)11;1-12(2,3)11-9-6-4-8(10)5-7-9;1-11(2,3)10-9-7-5-4-6-8-9;1-2-6-4-3-5(1)7-6;1-5(2,3)4;;;;/h5,8-12,14,17,20-21H,1-4,6-7H2;3-8H,1-2H2;8-9H,4-7H2,1-3H3;4,9H,5-8H2,1-3H3;5-6H,1-4H2;1-3H3;2*1H4;1H;/q;;;-1;;;;;;+2/p-1. The molecule has 4 aromatic heterocycles. The Morgan fingerprint density at radius 2 is 1.09 bits per heavy atom. The van der Waals surface area contributed by atoms with Crippen LogP contribution >= 0.6 is 31.2 Å². The van der Waals surface area contributed by atoms with Crippen LogP contribution in [-0.4, -0.2) is 117 Å². The summed E-state index contributed by atoms with van der Waals surface area (Å²) < 4.78 is 21.4. The maximum atomic E-state index is 11.0. The van der Waals surface area contributed by atoms with Gasteiger partial charge in [-0.15, -0.1) is 15.3 Å². The van der Waals surface area contributed by atoms with Crippen molar-refractivity contribution in [3.8, 4) is 0 Å². The normalized spacial score (nSPS) is 24.8. The minimum absolute atomic E-state index is 0. The Labute approximate surface area is 494 Å². The van der Waals surface area contributed by atoms with Gasteiger partial charge >= 0.3 is 23.1 Å². The molecule has 0 radical (unpaired) electrons. The van der Waals surface area contributed by atoms with Gasteiger partial charge in [0.2, 0.25) is 0 Å². The number of aliphatic hydroxyl groups excluding tert-OH is 2. The van der Waals surface area contributed by atoms with Gasteiger partial charge in [-0.05, 0) is 183 Å². The summed E-state index contributed by atoms with van der Waals surface area (Å²) in [7, 11) is -2.54. The van der Waals surface area contributed by atoms with Gasteiger partial charge in [0, 0.05) is 17.0 Å². The number of aromatic nitrogens is 4. The topological polar surface area (TPSA) is 120 Å². The molecule has 5 saturated carbocycles. The van der Waals surface area contributed by atoms with Crippen LogP contribution < -0.4 is 17.0 Å². The van der Waals surface area contributed by atoms with Crippen LogP contribution in [0.15, 0.2) is 49.3 Å². The minimum atomic E-state index is -1.28. The molecule has 4 aromatic rings. The molecule has 17 heteroatoms. The Kier molecular flexibility index (Phi) is 31.0. The largest absolute Gasteiger partial charge is 2.00 e. The van der Waals surface area contributed by atoms with Gasteiger partial charge in [-0.2, -0.15) is 12.8 Å². The molecular weight excluding hydrogens is 1180 g/mol. The summed E-state index contributed by atoms with van der Waals surface area (Å²) in [5, 5.41) is 20.6. The van der Waals surface area contributed by atoms with Crippen molar-refractivity contribution in [3.63, 3.8) is 0 Å². The number of rotatable bonds is 9. The zero-order valence-corrected chi connectivity index (χ0v) is 54.5. The summed E-state index contributed by atoms with van der Waals surface area (Å²) in [5.74, 6) is 1.46. The van der Waals surface area contributed by atoms with Crippen LogP contribution in [0.5, 0.6) is 0 Å². The van der Waals surface area contributed by atoms with E-state index in [-0.39, 0.29) is 66.9 Å². The first-order chi connectivity index (χ1) is 33.1. The number of fused-ring (bicyclic) bond motifs is 4. The van der Waals surface area contributed by atoms with E-state index in [2.05, 4.69) is 129 Å². The number of carbonyl (C=O) groups excluding carboxylic acids is 1. The minimum Gasteiger partial charge on any atom is -1.00 e. The van der Waals surface area contributed by atoms with Gasteiger partial charge < -0.3 is 51.6 Å². The number of aliphatic hydroxyl groups is 2. The van der Waals surface area contributed by atoms with E-state index in [1.165, 1.54) is 114 Å². The second kappa shape index (κ2) is 32.8. The van der Waals surface area contributed by atoms with Gasteiger partial charge in [0.25, 0.3) is 0 Å². The second-order valence-electron chi connectivity index (χ2n) is 23.9. The number of ether oxygens (including phenoxy) is 1. The van der Waals surface area contributed by atoms with E-state index in [0.717, 1.165) is 59.2 Å². The smallest absolute Gasteiger partial charge is 1.00 e. The number of hydrogen-bond acceptors (Lipinski definition) is 8. The number of hydrogen-bond donors (Lipinski definition) is 2. The molecule has 74 heavy (non-hydrogen) atoms. The van der Waals surface area contributed by atoms with Crippen molar-refractivity contribution < 1.29 is 45.6 Å². The molecule has 5 aliphatic carbocycles. The van der Waals surface area contributed by atoms with Crippen molar-refractivity contribution in [1.29, 1.82) is 0 Å². The molecule has 11 rings (SSSR count). The van der Waals surface area contributed by atoms with Gasteiger partial charge in [0.05, 0.1) is 71.9 Å². The third kappa shape index (κ3) is 24.2. The van der Waals surface area contributed by atoms with Crippen molar-refractivity contribution in [1.82, 2.24) is 18.8 Å². The predicted octanol–water partition coefficient (Wildman–Crippen LogP) is 12.8. The first-order valence-electron chi connectivity index (χ1n) is 27.0. The average molecular weight is 1280 g/mol. The summed E-state index contributed by atoms with van der Waals surface area (Å²) in [6.07, 6.45) is 36.0. The first kappa shape index (κ1) is 69.8. The van der Waals surface area contributed by atoms with Crippen molar-refractivity contribution in [2.24, 2.45) is 5.92 Å². The molecule has 7 fully saturated rings. The van der Waals surface area contributed by atoms with Gasteiger partial charge in [0.1, 0.15) is 6.69 Å². The molecule has 2 bridgehead atoms. The fraction of sp³-hybridized carbons (Fsp3) is 0.719. The van der Waals surface area contributed by atoms with E-state index >= 15 is 0 Å². The molecule has 1 atom stereocenters. The Morgan fingerprint density at radius 3 is 1.53 bits per heavy atom. The summed E-state index contributed by atoms with van der Waals surface area (Å²) >= 11 is 7.17. The summed E-state index contributed by atoms with van der Waals surface area (Å²) in [5.41, 5.74) is 6.29. The zero-order chi connectivity index (χ0) is 50.6. The number of halogens is 3. The molecule has 2 aliphatic heterocycles. The molecule has 2 N–H and O–H groups in total. The van der Waals surface area contributed by atoms with Crippen molar-refractivity contribution in [2.75, 3.05) is 0 Å². The molecule has 6 heterocycles. The Morgan fingerprint density at radius 1 is 0.662 bits per heavy atom. The van der Waals surface area contributed by atoms with Gasteiger partial charge in [0.15, 0.2) is 22.9 Å². The van der Waals surface area contributed by atoms with Crippen LogP contribution in [0.2, 0.25) is 58.9 Å². The van der Waals surface area contributed by atoms with Crippen molar-refractivity contribution in [2.45, 2.75) is 255 Å². The summed E-state index contributed by atoms with van der Waals surface area (Å²) in [4.78, 5) is 20.0. The molecule has 2 saturated heterocycles. The van der Waals surface area contributed by atoms with E-state index < -0.39 is 29.4 Å². The predicted molar refractivity (Wildman–Crippen MR) is 322 cm³/mol. The monoisotopic (exact) mass is 1280 g/mol. The first-order valence-corrected chi connectivity index (χ1v) is 40.5. The molecule has 10 nitrogen and oxygen atoms in total. The number of imidazole rings is 2. The number of aldehydes is 1. The Hall–Kier alpha value is -0.293. The van der Waals surface area contributed by atoms with E-state index in [9.17, 15) is 15.0 Å². The quantitative estimate of drug-likeness (QED) is 0.0559. The van der Waals surface area contributed by atoms with Crippen LogP contribution in [0.3, 0.4) is 0 Å². The fourth-order valence-electron chi connectivity index (χ4n) is 10.3. The third-order valence-corrected chi connectivity index (χ3v) is 17.0. The van der Waals surface area contributed by atoms with Crippen LogP contribution in [0.1, 0.15) is 189 Å². The molecular formula is C57H97Br3MgN4O6Si3. The van der Waals surface area contributed by atoms with Crippen LogP contribution in [-0.2, 0) is 13.6 Å². The summed E-state index contributed by atoms with van der Waals surface area (Å²) in [6.45, 7) is 19.6. The second-order valence-corrected chi connectivity index (χ2v) is 45.4. The molecule has 0 amide bonds. The number of alkyl halides is 1.